The molecular formula is C15H15N3O3S2. The van der Waals surface area contributed by atoms with Crippen LogP contribution in [0.4, 0.5) is 0 Å². The quantitative estimate of drug-likeness (QED) is 0.518. The summed E-state index contributed by atoms with van der Waals surface area (Å²) in [5, 5.41) is 9.16. The summed E-state index contributed by atoms with van der Waals surface area (Å²) < 4.78 is 12.0. The van der Waals surface area contributed by atoms with E-state index in [4.69, 9.17) is 9.15 Å². The Hall–Kier alpha value is -2.06. The smallest absolute Gasteiger partial charge is 0.348 e. The maximum absolute atomic E-state index is 11.6. The van der Waals surface area contributed by atoms with Crippen LogP contribution in [0.2, 0.25) is 0 Å². The molecule has 0 spiro atoms. The van der Waals surface area contributed by atoms with Gasteiger partial charge >= 0.3 is 5.97 Å². The lowest BCUT2D eigenvalue weighted by Crippen LogP contribution is -1.97. The first-order valence-corrected chi connectivity index (χ1v) is 8.64. The number of thiophene rings is 1. The molecule has 0 N–H and O–H groups in total. The SMILES string of the molecule is COC(=O)c1cc(CSc2nnc(-c3ccco3)n2C)c(C)s1. The lowest BCUT2D eigenvalue weighted by Gasteiger charge is -2.02. The molecule has 8 heteroatoms. The summed E-state index contributed by atoms with van der Waals surface area (Å²) in [5.41, 5.74) is 1.10. The van der Waals surface area contributed by atoms with Gasteiger partial charge in [-0.25, -0.2) is 4.79 Å². The van der Waals surface area contributed by atoms with E-state index >= 15 is 0 Å². The molecule has 0 unspecified atom stereocenters. The minimum absolute atomic E-state index is 0.298. The summed E-state index contributed by atoms with van der Waals surface area (Å²) >= 11 is 3.01. The van der Waals surface area contributed by atoms with Crippen LogP contribution < -0.4 is 0 Å². The molecule has 0 bridgehead atoms. The Morgan fingerprint density at radius 3 is 3.00 bits per heavy atom. The Morgan fingerprint density at radius 2 is 2.30 bits per heavy atom. The minimum atomic E-state index is -0.298. The van der Waals surface area contributed by atoms with E-state index in [1.165, 1.54) is 18.4 Å². The van der Waals surface area contributed by atoms with Crippen molar-refractivity contribution in [1.82, 2.24) is 14.8 Å². The Bertz CT molecular complexity index is 821. The maximum Gasteiger partial charge on any atom is 0.348 e. The number of nitrogens with zero attached hydrogens (tertiary/aromatic N) is 3. The number of furan rings is 1. The van der Waals surface area contributed by atoms with Crippen molar-refractivity contribution in [2.24, 2.45) is 7.05 Å². The van der Waals surface area contributed by atoms with E-state index in [1.54, 1.807) is 18.0 Å². The lowest BCUT2D eigenvalue weighted by molar-refractivity contribution is 0.0606. The van der Waals surface area contributed by atoms with Crippen LogP contribution in [0, 0.1) is 6.92 Å². The number of hydrogen-bond acceptors (Lipinski definition) is 7. The van der Waals surface area contributed by atoms with Crippen molar-refractivity contribution in [2.45, 2.75) is 17.8 Å². The van der Waals surface area contributed by atoms with Gasteiger partial charge in [0.2, 0.25) is 0 Å². The Labute approximate surface area is 141 Å². The van der Waals surface area contributed by atoms with Gasteiger partial charge < -0.3 is 13.7 Å². The second-order valence-electron chi connectivity index (χ2n) is 4.81. The van der Waals surface area contributed by atoms with E-state index in [1.807, 2.05) is 36.7 Å². The zero-order valence-electron chi connectivity index (χ0n) is 12.9. The molecule has 0 atom stereocenters. The summed E-state index contributed by atoms with van der Waals surface area (Å²) in [6.07, 6.45) is 1.61. The number of aromatic nitrogens is 3. The van der Waals surface area contributed by atoms with Gasteiger partial charge in [0.15, 0.2) is 16.7 Å². The van der Waals surface area contributed by atoms with Crippen molar-refractivity contribution >= 4 is 29.1 Å². The van der Waals surface area contributed by atoms with Crippen LogP contribution in [-0.4, -0.2) is 27.8 Å². The standard InChI is InChI=1S/C15H15N3O3S2/c1-9-10(7-12(23-9)14(19)20-3)8-22-15-17-16-13(18(15)2)11-5-4-6-21-11/h4-7H,8H2,1-3H3. The molecule has 3 heterocycles. The van der Waals surface area contributed by atoms with E-state index in [0.29, 0.717) is 22.2 Å². The molecule has 23 heavy (non-hydrogen) atoms. The van der Waals surface area contributed by atoms with Gasteiger partial charge in [0.25, 0.3) is 0 Å². The Kier molecular flexibility index (Phi) is 4.53. The highest BCUT2D eigenvalue weighted by Crippen LogP contribution is 2.30. The summed E-state index contributed by atoms with van der Waals surface area (Å²) in [6.45, 7) is 2.00. The zero-order chi connectivity index (χ0) is 16.4. The Morgan fingerprint density at radius 1 is 1.48 bits per heavy atom. The number of ether oxygens (including phenoxy) is 1. The highest BCUT2D eigenvalue weighted by Gasteiger charge is 2.16. The van der Waals surface area contributed by atoms with Gasteiger partial charge in [-0.2, -0.15) is 0 Å². The molecule has 3 rings (SSSR count). The van der Waals surface area contributed by atoms with Gasteiger partial charge in [0.1, 0.15) is 4.88 Å². The second kappa shape index (κ2) is 6.59. The van der Waals surface area contributed by atoms with Crippen molar-refractivity contribution in [3.63, 3.8) is 0 Å². The lowest BCUT2D eigenvalue weighted by atomic mass is 10.3. The maximum atomic E-state index is 11.6. The number of aryl methyl sites for hydroxylation is 1. The molecule has 0 aliphatic heterocycles. The fourth-order valence-electron chi connectivity index (χ4n) is 2.07. The molecule has 0 fully saturated rings. The van der Waals surface area contributed by atoms with Gasteiger partial charge in [-0.3, -0.25) is 0 Å². The number of carbonyl (C=O) groups is 1. The number of esters is 1. The summed E-state index contributed by atoms with van der Waals surface area (Å²) in [4.78, 5) is 13.3. The van der Waals surface area contributed by atoms with Crippen LogP contribution in [0.25, 0.3) is 11.6 Å². The monoisotopic (exact) mass is 349 g/mol. The van der Waals surface area contributed by atoms with Gasteiger partial charge in [-0.1, -0.05) is 11.8 Å². The first-order chi connectivity index (χ1) is 11.1. The molecule has 0 aliphatic rings. The highest BCUT2D eigenvalue weighted by molar-refractivity contribution is 7.98. The summed E-state index contributed by atoms with van der Waals surface area (Å²) in [6, 6.07) is 5.55. The molecule has 3 aromatic heterocycles. The molecule has 0 aromatic carbocycles. The zero-order valence-corrected chi connectivity index (χ0v) is 14.5. The first-order valence-electron chi connectivity index (χ1n) is 6.84. The third-order valence-corrected chi connectivity index (χ3v) is 5.48. The highest BCUT2D eigenvalue weighted by atomic mass is 32.2. The van der Waals surface area contributed by atoms with Crippen LogP contribution in [0.5, 0.6) is 0 Å². The predicted octanol–water partition coefficient (Wildman–Crippen LogP) is 3.52. The number of rotatable bonds is 5. The van der Waals surface area contributed by atoms with Crippen molar-refractivity contribution in [3.8, 4) is 11.6 Å². The largest absolute Gasteiger partial charge is 0.465 e. The van der Waals surface area contributed by atoms with E-state index in [0.717, 1.165) is 15.6 Å². The summed E-state index contributed by atoms with van der Waals surface area (Å²) in [5.74, 6) is 1.79. The van der Waals surface area contributed by atoms with E-state index in [9.17, 15) is 4.79 Å². The molecule has 0 amide bonds. The minimum Gasteiger partial charge on any atom is -0.465 e. The van der Waals surface area contributed by atoms with Crippen molar-refractivity contribution < 1.29 is 13.9 Å². The second-order valence-corrected chi connectivity index (χ2v) is 7.01. The first kappa shape index (κ1) is 15.8. The topological polar surface area (TPSA) is 70.2 Å². The van der Waals surface area contributed by atoms with Crippen LogP contribution in [-0.2, 0) is 17.5 Å². The summed E-state index contributed by atoms with van der Waals surface area (Å²) in [7, 11) is 3.29. The van der Waals surface area contributed by atoms with Crippen molar-refractivity contribution in [3.05, 3.63) is 39.8 Å². The normalized spacial score (nSPS) is 10.9. The fourth-order valence-corrected chi connectivity index (χ4v) is 4.08. The molecule has 3 aromatic rings. The van der Waals surface area contributed by atoms with Crippen LogP contribution in [0.1, 0.15) is 20.1 Å². The molecule has 0 radical (unpaired) electrons. The van der Waals surface area contributed by atoms with Crippen LogP contribution in [0.15, 0.2) is 34.0 Å². The fraction of sp³-hybridized carbons (Fsp3) is 0.267. The molecule has 0 saturated heterocycles. The average Bonchev–Trinajstić information content (AvgIpc) is 3.25. The number of hydrogen-bond donors (Lipinski definition) is 0. The van der Waals surface area contributed by atoms with E-state index < -0.39 is 0 Å². The molecule has 120 valence electrons. The Balaban J connectivity index is 1.74. The van der Waals surface area contributed by atoms with Gasteiger partial charge in [0.05, 0.1) is 13.4 Å². The van der Waals surface area contributed by atoms with Crippen molar-refractivity contribution in [1.29, 1.82) is 0 Å². The third kappa shape index (κ3) is 3.18. The average molecular weight is 349 g/mol. The number of thioether (sulfide) groups is 1. The number of carbonyl (C=O) groups excluding carboxylic acids is 1. The molecule has 0 aliphatic carbocycles. The van der Waals surface area contributed by atoms with E-state index in [2.05, 4.69) is 10.2 Å². The molecule has 0 saturated carbocycles. The predicted molar refractivity (Wildman–Crippen MR) is 88.7 cm³/mol. The third-order valence-electron chi connectivity index (χ3n) is 3.34. The van der Waals surface area contributed by atoms with Gasteiger partial charge in [0, 0.05) is 17.7 Å². The molecular weight excluding hydrogens is 334 g/mol. The molecule has 6 nitrogen and oxygen atoms in total. The van der Waals surface area contributed by atoms with Crippen LogP contribution >= 0.6 is 23.1 Å². The van der Waals surface area contributed by atoms with E-state index in [-0.39, 0.29) is 5.97 Å². The number of methoxy groups -OCH3 is 1. The van der Waals surface area contributed by atoms with Crippen molar-refractivity contribution in [2.75, 3.05) is 7.11 Å². The van der Waals surface area contributed by atoms with Gasteiger partial charge in [-0.15, -0.1) is 21.5 Å². The van der Waals surface area contributed by atoms with Gasteiger partial charge in [-0.05, 0) is 30.7 Å². The van der Waals surface area contributed by atoms with Crippen LogP contribution in [0.3, 0.4) is 0 Å².